The summed E-state index contributed by atoms with van der Waals surface area (Å²) in [7, 11) is 1.62. The lowest BCUT2D eigenvalue weighted by atomic mass is 10.1. The van der Waals surface area contributed by atoms with E-state index in [2.05, 4.69) is 15.1 Å². The Morgan fingerprint density at radius 3 is 3.00 bits per heavy atom. The fraction of sp³-hybridized carbons (Fsp3) is 0.167. The summed E-state index contributed by atoms with van der Waals surface area (Å²) in [5.41, 5.74) is 7.24. The Morgan fingerprint density at radius 1 is 1.39 bits per heavy atom. The molecular formula is C12H12N4O2. The Morgan fingerprint density at radius 2 is 2.28 bits per heavy atom. The Bertz CT molecular complexity index is 686. The molecule has 3 aromatic rings. The molecule has 0 unspecified atom stereocenters. The van der Waals surface area contributed by atoms with Crippen molar-refractivity contribution in [3.05, 3.63) is 30.3 Å². The molecule has 0 amide bonds. The summed E-state index contributed by atoms with van der Waals surface area (Å²) in [5, 5.41) is 4.88. The van der Waals surface area contributed by atoms with E-state index in [4.69, 9.17) is 15.0 Å². The van der Waals surface area contributed by atoms with E-state index in [1.165, 1.54) is 0 Å². The quantitative estimate of drug-likeness (QED) is 0.731. The SMILES string of the molecule is COc1c(-c2noc(CN)n2)ccc2[nH]ccc12. The van der Waals surface area contributed by atoms with E-state index in [9.17, 15) is 0 Å². The summed E-state index contributed by atoms with van der Waals surface area (Å²) in [4.78, 5) is 7.33. The molecule has 92 valence electrons. The van der Waals surface area contributed by atoms with Crippen LogP contribution >= 0.6 is 0 Å². The van der Waals surface area contributed by atoms with Crippen LogP contribution in [0.4, 0.5) is 0 Å². The number of nitrogens with one attached hydrogen (secondary N) is 1. The summed E-state index contributed by atoms with van der Waals surface area (Å²) in [5.74, 6) is 1.61. The highest BCUT2D eigenvalue weighted by Gasteiger charge is 2.15. The third kappa shape index (κ3) is 1.54. The number of aromatic nitrogens is 3. The van der Waals surface area contributed by atoms with Gasteiger partial charge in [-0.3, -0.25) is 0 Å². The lowest BCUT2D eigenvalue weighted by Crippen LogP contribution is -1.96. The van der Waals surface area contributed by atoms with Gasteiger partial charge >= 0.3 is 0 Å². The zero-order valence-electron chi connectivity index (χ0n) is 9.80. The number of rotatable bonds is 3. The predicted octanol–water partition coefficient (Wildman–Crippen LogP) is 1.69. The number of H-pyrrole nitrogens is 1. The third-order valence-electron chi connectivity index (χ3n) is 2.77. The van der Waals surface area contributed by atoms with E-state index in [0.29, 0.717) is 11.7 Å². The standard InChI is InChI=1S/C12H12N4O2/c1-17-11-7-4-5-14-9(7)3-2-8(11)12-15-10(6-13)18-16-12/h2-5,14H,6,13H2,1H3. The van der Waals surface area contributed by atoms with Gasteiger partial charge in [0.1, 0.15) is 5.75 Å². The van der Waals surface area contributed by atoms with Crippen molar-refractivity contribution < 1.29 is 9.26 Å². The first kappa shape index (κ1) is 10.8. The summed E-state index contributed by atoms with van der Waals surface area (Å²) in [6, 6.07) is 5.79. The smallest absolute Gasteiger partial charge is 0.240 e. The molecule has 3 N–H and O–H groups in total. The Balaban J connectivity index is 2.21. The lowest BCUT2D eigenvalue weighted by molar-refractivity contribution is 0.380. The number of aromatic amines is 1. The molecule has 1 aromatic carbocycles. The first-order valence-corrected chi connectivity index (χ1v) is 5.50. The van der Waals surface area contributed by atoms with Crippen LogP contribution in [0.5, 0.6) is 5.75 Å². The van der Waals surface area contributed by atoms with Gasteiger partial charge < -0.3 is 20.0 Å². The van der Waals surface area contributed by atoms with E-state index >= 15 is 0 Å². The number of ether oxygens (including phenoxy) is 1. The molecule has 0 saturated carbocycles. The average Bonchev–Trinajstić information content (AvgIpc) is 3.05. The summed E-state index contributed by atoms with van der Waals surface area (Å²) in [6.07, 6.45) is 1.86. The molecule has 0 saturated heterocycles. The van der Waals surface area contributed by atoms with Crippen LogP contribution in [0.1, 0.15) is 5.89 Å². The molecule has 0 aliphatic heterocycles. The van der Waals surface area contributed by atoms with Crippen molar-refractivity contribution in [3.63, 3.8) is 0 Å². The number of nitrogens with two attached hydrogens (primary N) is 1. The minimum absolute atomic E-state index is 0.224. The first-order valence-electron chi connectivity index (χ1n) is 5.50. The molecule has 18 heavy (non-hydrogen) atoms. The van der Waals surface area contributed by atoms with Gasteiger partial charge in [0, 0.05) is 17.1 Å². The molecule has 2 heterocycles. The van der Waals surface area contributed by atoms with E-state index < -0.39 is 0 Å². The van der Waals surface area contributed by atoms with Crippen LogP contribution in [-0.4, -0.2) is 22.2 Å². The second-order valence-electron chi connectivity index (χ2n) is 3.80. The predicted molar refractivity (Wildman–Crippen MR) is 66.0 cm³/mol. The molecule has 0 bridgehead atoms. The average molecular weight is 244 g/mol. The normalized spacial score (nSPS) is 11.0. The number of hydrogen-bond donors (Lipinski definition) is 2. The van der Waals surface area contributed by atoms with Crippen molar-refractivity contribution >= 4 is 10.9 Å². The van der Waals surface area contributed by atoms with Crippen molar-refractivity contribution in [1.82, 2.24) is 15.1 Å². The van der Waals surface area contributed by atoms with Crippen LogP contribution < -0.4 is 10.5 Å². The topological polar surface area (TPSA) is 90.0 Å². The van der Waals surface area contributed by atoms with Gasteiger partial charge in [-0.2, -0.15) is 4.98 Å². The van der Waals surface area contributed by atoms with Crippen molar-refractivity contribution in [2.24, 2.45) is 5.73 Å². The first-order chi connectivity index (χ1) is 8.83. The van der Waals surface area contributed by atoms with E-state index in [-0.39, 0.29) is 6.54 Å². The Labute approximate surface area is 103 Å². The van der Waals surface area contributed by atoms with Gasteiger partial charge in [0.2, 0.25) is 11.7 Å². The molecule has 2 aromatic heterocycles. The molecule has 6 nitrogen and oxygen atoms in total. The summed E-state index contributed by atoms with van der Waals surface area (Å²) < 4.78 is 10.5. The zero-order chi connectivity index (χ0) is 12.5. The molecule has 0 aliphatic carbocycles. The molecular weight excluding hydrogens is 232 g/mol. The molecule has 0 spiro atoms. The van der Waals surface area contributed by atoms with Gasteiger partial charge in [-0.15, -0.1) is 0 Å². The summed E-state index contributed by atoms with van der Waals surface area (Å²) in [6.45, 7) is 0.224. The van der Waals surface area contributed by atoms with Crippen LogP contribution in [0, 0.1) is 0 Å². The van der Waals surface area contributed by atoms with Crippen LogP contribution in [0.2, 0.25) is 0 Å². The number of nitrogens with zero attached hydrogens (tertiary/aromatic N) is 2. The van der Waals surface area contributed by atoms with Crippen LogP contribution in [0.25, 0.3) is 22.3 Å². The van der Waals surface area contributed by atoms with Crippen molar-refractivity contribution in [3.8, 4) is 17.1 Å². The van der Waals surface area contributed by atoms with E-state index in [1.54, 1.807) is 7.11 Å². The fourth-order valence-electron chi connectivity index (χ4n) is 1.95. The molecule has 0 radical (unpaired) electrons. The van der Waals surface area contributed by atoms with Gasteiger partial charge in [0.25, 0.3) is 0 Å². The maximum absolute atomic E-state index is 5.45. The van der Waals surface area contributed by atoms with Gasteiger partial charge in [-0.1, -0.05) is 5.16 Å². The van der Waals surface area contributed by atoms with Gasteiger partial charge in [-0.05, 0) is 18.2 Å². The minimum atomic E-state index is 0.224. The highest BCUT2D eigenvalue weighted by atomic mass is 16.5. The van der Waals surface area contributed by atoms with Crippen molar-refractivity contribution in [2.45, 2.75) is 6.54 Å². The van der Waals surface area contributed by atoms with Crippen LogP contribution in [-0.2, 0) is 6.54 Å². The van der Waals surface area contributed by atoms with Crippen LogP contribution in [0.3, 0.4) is 0 Å². The maximum Gasteiger partial charge on any atom is 0.240 e. The zero-order valence-corrected chi connectivity index (χ0v) is 9.80. The van der Waals surface area contributed by atoms with Gasteiger partial charge in [-0.25, -0.2) is 0 Å². The number of fused-ring (bicyclic) bond motifs is 1. The maximum atomic E-state index is 5.45. The molecule has 6 heteroatoms. The second kappa shape index (κ2) is 4.15. The second-order valence-corrected chi connectivity index (χ2v) is 3.80. The number of benzene rings is 1. The monoisotopic (exact) mass is 244 g/mol. The van der Waals surface area contributed by atoms with Crippen molar-refractivity contribution in [1.29, 1.82) is 0 Å². The number of hydrogen-bond acceptors (Lipinski definition) is 5. The largest absolute Gasteiger partial charge is 0.495 e. The highest BCUT2D eigenvalue weighted by molar-refractivity contribution is 5.92. The molecule has 3 rings (SSSR count). The van der Waals surface area contributed by atoms with E-state index in [0.717, 1.165) is 22.2 Å². The molecule has 0 aliphatic rings. The fourth-order valence-corrected chi connectivity index (χ4v) is 1.95. The van der Waals surface area contributed by atoms with Gasteiger partial charge in [0.15, 0.2) is 0 Å². The summed E-state index contributed by atoms with van der Waals surface area (Å²) >= 11 is 0. The van der Waals surface area contributed by atoms with Gasteiger partial charge in [0.05, 0.1) is 19.2 Å². The van der Waals surface area contributed by atoms with E-state index in [1.807, 2.05) is 24.4 Å². The minimum Gasteiger partial charge on any atom is -0.495 e. The Hall–Kier alpha value is -2.34. The third-order valence-corrected chi connectivity index (χ3v) is 2.77. The molecule has 0 fully saturated rings. The van der Waals surface area contributed by atoms with Crippen LogP contribution in [0.15, 0.2) is 28.9 Å². The van der Waals surface area contributed by atoms with Crippen molar-refractivity contribution in [2.75, 3.05) is 7.11 Å². The highest BCUT2D eigenvalue weighted by Crippen LogP contribution is 2.34. The Kier molecular flexibility index (Phi) is 2.49. The lowest BCUT2D eigenvalue weighted by Gasteiger charge is -2.06. The molecule has 0 atom stereocenters. The number of methoxy groups -OCH3 is 1.